The lowest BCUT2D eigenvalue weighted by molar-refractivity contribution is -0.122. The number of nitrogens with two attached hydrogens (primary N) is 1. The summed E-state index contributed by atoms with van der Waals surface area (Å²) in [5.41, 5.74) is 6.38. The average Bonchev–Trinajstić information content (AvgIpc) is 3.24. The minimum atomic E-state index is -0.503. The summed E-state index contributed by atoms with van der Waals surface area (Å²) in [5.74, 6) is -0.727. The number of carbonyl (C=O) groups excluding carboxylic acids is 2. The summed E-state index contributed by atoms with van der Waals surface area (Å²) in [4.78, 5) is 23.2. The number of halogens is 1. The fourth-order valence-electron chi connectivity index (χ4n) is 1.78. The highest BCUT2D eigenvalue weighted by Crippen LogP contribution is 2.28. The highest BCUT2D eigenvalue weighted by molar-refractivity contribution is 5.95. The van der Waals surface area contributed by atoms with E-state index in [0.717, 1.165) is 18.9 Å². The van der Waals surface area contributed by atoms with Gasteiger partial charge in [-0.1, -0.05) is 0 Å². The Morgan fingerprint density at radius 3 is 2.55 bits per heavy atom. The predicted octanol–water partition coefficient (Wildman–Crippen LogP) is 0.972. The van der Waals surface area contributed by atoms with Gasteiger partial charge in [-0.05, 0) is 31.9 Å². The molecule has 6 heteroatoms. The van der Waals surface area contributed by atoms with Crippen LogP contribution in [0.4, 0.5) is 10.1 Å². The molecule has 0 radical (unpaired) electrons. The zero-order valence-corrected chi connectivity index (χ0v) is 11.3. The Labute approximate surface area is 116 Å². The monoisotopic (exact) mass is 279 g/mol. The van der Waals surface area contributed by atoms with Gasteiger partial charge in [-0.15, -0.1) is 0 Å². The predicted molar refractivity (Wildman–Crippen MR) is 73.6 cm³/mol. The van der Waals surface area contributed by atoms with Gasteiger partial charge in [0.25, 0.3) is 5.91 Å². The van der Waals surface area contributed by atoms with Gasteiger partial charge < -0.3 is 16.4 Å². The molecule has 4 N–H and O–H groups in total. The van der Waals surface area contributed by atoms with Crippen molar-refractivity contribution in [2.75, 3.05) is 18.8 Å². The van der Waals surface area contributed by atoms with E-state index in [1.807, 2.05) is 0 Å². The second kappa shape index (κ2) is 5.90. The van der Waals surface area contributed by atoms with Crippen LogP contribution in [0.3, 0.4) is 0 Å². The van der Waals surface area contributed by atoms with E-state index in [1.165, 1.54) is 6.07 Å². The lowest BCUT2D eigenvalue weighted by atomic mass is 10.1. The van der Waals surface area contributed by atoms with E-state index in [2.05, 4.69) is 10.6 Å². The first-order valence-electron chi connectivity index (χ1n) is 6.60. The molecule has 0 spiro atoms. The van der Waals surface area contributed by atoms with Crippen LogP contribution in [0.5, 0.6) is 0 Å². The number of hydrogen-bond donors (Lipinski definition) is 3. The van der Waals surface area contributed by atoms with E-state index < -0.39 is 11.7 Å². The molecule has 1 aromatic rings. The quantitative estimate of drug-likeness (QED) is 0.554. The number of anilines is 1. The third-order valence-electron chi connectivity index (χ3n) is 3.30. The Bertz CT molecular complexity index is 518. The molecule has 5 nitrogen and oxygen atoms in total. The molecule has 0 saturated heterocycles. The summed E-state index contributed by atoms with van der Waals surface area (Å²) in [5, 5.41) is 5.34. The Morgan fingerprint density at radius 2 is 1.95 bits per heavy atom. The number of nitrogens with one attached hydrogen (secondary N) is 2. The van der Waals surface area contributed by atoms with Gasteiger partial charge in [0.05, 0.1) is 0 Å². The van der Waals surface area contributed by atoms with Gasteiger partial charge in [0.15, 0.2) is 0 Å². The second-order valence-electron chi connectivity index (χ2n) is 4.99. The lowest BCUT2D eigenvalue weighted by Gasteiger charge is -2.09. The molecule has 1 fully saturated rings. The van der Waals surface area contributed by atoms with E-state index in [9.17, 15) is 14.0 Å². The van der Waals surface area contributed by atoms with Crippen molar-refractivity contribution in [3.8, 4) is 0 Å². The molecule has 1 aromatic carbocycles. The first-order valence-corrected chi connectivity index (χ1v) is 6.60. The van der Waals surface area contributed by atoms with E-state index in [0.29, 0.717) is 18.7 Å². The van der Waals surface area contributed by atoms with Gasteiger partial charge >= 0.3 is 0 Å². The van der Waals surface area contributed by atoms with Crippen LogP contribution in [0.1, 0.15) is 28.8 Å². The van der Waals surface area contributed by atoms with Crippen LogP contribution < -0.4 is 16.4 Å². The van der Waals surface area contributed by atoms with Crippen molar-refractivity contribution in [1.82, 2.24) is 10.6 Å². The summed E-state index contributed by atoms with van der Waals surface area (Å²) in [6.45, 7) is 2.22. The zero-order chi connectivity index (χ0) is 14.7. The molecule has 1 aliphatic carbocycles. The molecule has 0 atom stereocenters. The number of benzene rings is 1. The maximum atomic E-state index is 13.5. The van der Waals surface area contributed by atoms with Crippen LogP contribution >= 0.6 is 0 Å². The van der Waals surface area contributed by atoms with Crippen LogP contribution in [-0.4, -0.2) is 24.9 Å². The Balaban J connectivity index is 1.81. The Morgan fingerprint density at radius 1 is 1.30 bits per heavy atom. The molecule has 1 aliphatic rings. The SMILES string of the molecule is Cc1c(N)cc(C(=O)NCCNC(=O)C2CC2)cc1F. The van der Waals surface area contributed by atoms with E-state index >= 15 is 0 Å². The first-order chi connectivity index (χ1) is 9.49. The molecular formula is C14H18FN3O2. The smallest absolute Gasteiger partial charge is 0.251 e. The molecule has 20 heavy (non-hydrogen) atoms. The molecule has 2 rings (SSSR count). The van der Waals surface area contributed by atoms with Gasteiger partial charge in [0.2, 0.25) is 5.91 Å². The van der Waals surface area contributed by atoms with Gasteiger partial charge in [0, 0.05) is 35.8 Å². The topological polar surface area (TPSA) is 84.2 Å². The maximum Gasteiger partial charge on any atom is 0.251 e. The second-order valence-corrected chi connectivity index (χ2v) is 4.99. The Kier molecular flexibility index (Phi) is 4.22. The highest BCUT2D eigenvalue weighted by Gasteiger charge is 2.28. The third-order valence-corrected chi connectivity index (χ3v) is 3.30. The van der Waals surface area contributed by atoms with Gasteiger partial charge in [-0.25, -0.2) is 4.39 Å². The molecule has 108 valence electrons. The average molecular weight is 279 g/mol. The highest BCUT2D eigenvalue weighted by atomic mass is 19.1. The molecule has 0 bridgehead atoms. The van der Waals surface area contributed by atoms with Crippen molar-refractivity contribution in [1.29, 1.82) is 0 Å². The summed E-state index contributed by atoms with van der Waals surface area (Å²) < 4.78 is 13.5. The minimum absolute atomic E-state index is 0.0323. The fraction of sp³-hybridized carbons (Fsp3) is 0.429. The standard InChI is InChI=1S/C14H18FN3O2/c1-8-11(15)6-10(7-12(8)16)14(20)18-5-4-17-13(19)9-2-3-9/h6-7,9H,2-5,16H2,1H3,(H,17,19)(H,18,20). The van der Waals surface area contributed by atoms with Crippen LogP contribution in [0.15, 0.2) is 12.1 Å². The van der Waals surface area contributed by atoms with Crippen molar-refractivity contribution in [2.24, 2.45) is 5.92 Å². The molecule has 0 unspecified atom stereocenters. The van der Waals surface area contributed by atoms with Gasteiger partial charge in [-0.2, -0.15) is 0 Å². The molecule has 0 aromatic heterocycles. The molecular weight excluding hydrogens is 261 g/mol. The molecule has 2 amide bonds. The van der Waals surface area contributed by atoms with Crippen molar-refractivity contribution in [3.05, 3.63) is 29.1 Å². The van der Waals surface area contributed by atoms with Crippen molar-refractivity contribution < 1.29 is 14.0 Å². The fourth-order valence-corrected chi connectivity index (χ4v) is 1.78. The first kappa shape index (κ1) is 14.3. The number of amides is 2. The lowest BCUT2D eigenvalue weighted by Crippen LogP contribution is -2.35. The normalized spacial score (nSPS) is 13.9. The van der Waals surface area contributed by atoms with E-state index in [1.54, 1.807) is 6.92 Å². The van der Waals surface area contributed by atoms with Crippen molar-refractivity contribution in [2.45, 2.75) is 19.8 Å². The molecule has 0 aliphatic heterocycles. The van der Waals surface area contributed by atoms with Gasteiger partial charge in [0.1, 0.15) is 5.82 Å². The number of rotatable bonds is 5. The molecule has 1 saturated carbocycles. The zero-order valence-electron chi connectivity index (χ0n) is 11.3. The third kappa shape index (κ3) is 3.46. The van der Waals surface area contributed by atoms with E-state index in [-0.39, 0.29) is 23.1 Å². The van der Waals surface area contributed by atoms with Crippen LogP contribution in [0, 0.1) is 18.7 Å². The largest absolute Gasteiger partial charge is 0.398 e. The van der Waals surface area contributed by atoms with Crippen LogP contribution in [-0.2, 0) is 4.79 Å². The van der Waals surface area contributed by atoms with E-state index in [4.69, 9.17) is 5.73 Å². The number of hydrogen-bond acceptors (Lipinski definition) is 3. The number of nitrogen functional groups attached to an aromatic ring is 1. The van der Waals surface area contributed by atoms with Crippen LogP contribution in [0.25, 0.3) is 0 Å². The Hall–Kier alpha value is -2.11. The summed E-state index contributed by atoms with van der Waals surface area (Å²) in [7, 11) is 0. The van der Waals surface area contributed by atoms with Crippen LogP contribution in [0.2, 0.25) is 0 Å². The summed E-state index contributed by atoms with van der Waals surface area (Å²) >= 11 is 0. The maximum absolute atomic E-state index is 13.5. The van der Waals surface area contributed by atoms with Crippen molar-refractivity contribution >= 4 is 17.5 Å². The summed E-state index contributed by atoms with van der Waals surface area (Å²) in [6, 6.07) is 2.60. The number of carbonyl (C=O) groups is 2. The molecule has 0 heterocycles. The van der Waals surface area contributed by atoms with Gasteiger partial charge in [-0.3, -0.25) is 9.59 Å². The minimum Gasteiger partial charge on any atom is -0.398 e. The summed E-state index contributed by atoms with van der Waals surface area (Å²) in [6.07, 6.45) is 1.89. The van der Waals surface area contributed by atoms with Crippen molar-refractivity contribution in [3.63, 3.8) is 0 Å².